The van der Waals surface area contributed by atoms with Gasteiger partial charge in [0.15, 0.2) is 12.4 Å². The van der Waals surface area contributed by atoms with Gasteiger partial charge in [-0.3, -0.25) is 9.59 Å². The monoisotopic (exact) mass is 616 g/mol. The molecule has 4 aliphatic rings. The lowest BCUT2D eigenvalue weighted by Gasteiger charge is -2.27. The molecule has 3 atom stereocenters. The molecule has 234 valence electrons. The SMILES string of the molecule is COc1cc(C(=O)N2C[C@H]3CC[C@@H]2[C@@H]3N)cc2nc(-c3cc4ccc(-c5ccc6c(c5)OCC(=O)N6)cc4n3CC3CC3)n(C)c12. The summed E-state index contributed by atoms with van der Waals surface area (Å²) in [6.07, 6.45) is 4.50. The fraction of sp³-hybridized carbons (Fsp3) is 0.361. The molecule has 2 aromatic heterocycles. The van der Waals surface area contributed by atoms with E-state index < -0.39 is 0 Å². The topological polar surface area (TPSA) is 117 Å². The number of rotatable bonds is 6. The first-order valence-electron chi connectivity index (χ1n) is 16.2. The van der Waals surface area contributed by atoms with Crippen LogP contribution < -0.4 is 20.5 Å². The molecule has 46 heavy (non-hydrogen) atoms. The molecule has 0 radical (unpaired) electrons. The average molecular weight is 617 g/mol. The van der Waals surface area contributed by atoms with Gasteiger partial charge in [-0.05, 0) is 85.0 Å². The van der Waals surface area contributed by atoms with E-state index in [-0.39, 0.29) is 30.5 Å². The fourth-order valence-electron chi connectivity index (χ4n) is 7.90. The Bertz CT molecular complexity index is 2090. The van der Waals surface area contributed by atoms with E-state index in [1.807, 2.05) is 42.3 Å². The van der Waals surface area contributed by atoms with Gasteiger partial charge in [-0.2, -0.15) is 0 Å². The zero-order valence-corrected chi connectivity index (χ0v) is 26.0. The third kappa shape index (κ3) is 4.23. The zero-order chi connectivity index (χ0) is 31.3. The molecule has 3 fully saturated rings. The molecule has 4 heterocycles. The Morgan fingerprint density at radius 3 is 2.65 bits per heavy atom. The van der Waals surface area contributed by atoms with Gasteiger partial charge in [0.05, 0.1) is 24.0 Å². The molecular weight excluding hydrogens is 580 g/mol. The molecule has 10 nitrogen and oxygen atoms in total. The van der Waals surface area contributed by atoms with Crippen LogP contribution >= 0.6 is 0 Å². The third-order valence-corrected chi connectivity index (χ3v) is 10.5. The minimum absolute atomic E-state index is 0.000359. The second-order valence-corrected chi connectivity index (χ2v) is 13.4. The second-order valence-electron chi connectivity index (χ2n) is 13.4. The summed E-state index contributed by atoms with van der Waals surface area (Å²) in [6.45, 7) is 1.65. The number of hydrogen-bond acceptors (Lipinski definition) is 6. The summed E-state index contributed by atoms with van der Waals surface area (Å²) < 4.78 is 16.0. The Balaban J connectivity index is 1.13. The first-order valence-corrected chi connectivity index (χ1v) is 16.2. The number of aryl methyl sites for hydroxylation is 1. The number of ether oxygens (including phenoxy) is 2. The lowest BCUT2D eigenvalue weighted by Crippen LogP contribution is -2.41. The number of amides is 2. The van der Waals surface area contributed by atoms with E-state index in [2.05, 4.69) is 38.7 Å². The van der Waals surface area contributed by atoms with E-state index in [1.165, 1.54) is 12.8 Å². The van der Waals surface area contributed by atoms with E-state index in [0.717, 1.165) is 70.5 Å². The minimum Gasteiger partial charge on any atom is -0.494 e. The van der Waals surface area contributed by atoms with Crippen LogP contribution in [0.15, 0.2) is 54.6 Å². The number of carbonyl (C=O) groups excluding carboxylic acids is 2. The normalized spacial score (nSPS) is 21.9. The van der Waals surface area contributed by atoms with E-state index in [0.29, 0.717) is 34.6 Å². The average Bonchev–Trinajstić information content (AvgIpc) is 3.47. The third-order valence-electron chi connectivity index (χ3n) is 10.5. The molecular formula is C36H36N6O4. The summed E-state index contributed by atoms with van der Waals surface area (Å²) in [7, 11) is 3.66. The van der Waals surface area contributed by atoms with Gasteiger partial charge in [0.2, 0.25) is 0 Å². The maximum absolute atomic E-state index is 13.7. The van der Waals surface area contributed by atoms with Gasteiger partial charge < -0.3 is 34.6 Å². The van der Waals surface area contributed by atoms with Gasteiger partial charge in [0, 0.05) is 48.7 Å². The molecule has 3 aromatic carbocycles. The summed E-state index contributed by atoms with van der Waals surface area (Å²) in [4.78, 5) is 32.6. The molecule has 2 saturated carbocycles. The summed E-state index contributed by atoms with van der Waals surface area (Å²) >= 11 is 0. The summed E-state index contributed by atoms with van der Waals surface area (Å²) in [5, 5.41) is 4.01. The Labute approximate surface area is 266 Å². The van der Waals surface area contributed by atoms with Crippen molar-refractivity contribution >= 4 is 39.4 Å². The van der Waals surface area contributed by atoms with Crippen LogP contribution in [0.1, 0.15) is 36.0 Å². The molecule has 2 aliphatic heterocycles. The number of anilines is 1. The van der Waals surface area contributed by atoms with E-state index in [1.54, 1.807) is 7.11 Å². The van der Waals surface area contributed by atoms with Gasteiger partial charge in [-0.15, -0.1) is 0 Å². The van der Waals surface area contributed by atoms with Crippen LogP contribution in [0.5, 0.6) is 11.5 Å². The van der Waals surface area contributed by atoms with E-state index >= 15 is 0 Å². The Morgan fingerprint density at radius 1 is 1.07 bits per heavy atom. The summed E-state index contributed by atoms with van der Waals surface area (Å²) in [6, 6.07) is 18.6. The van der Waals surface area contributed by atoms with Crippen molar-refractivity contribution < 1.29 is 19.1 Å². The number of piperidine rings is 1. The van der Waals surface area contributed by atoms with Crippen molar-refractivity contribution in [1.82, 2.24) is 19.0 Å². The summed E-state index contributed by atoms with van der Waals surface area (Å²) in [5.74, 6) is 3.02. The van der Waals surface area contributed by atoms with Crippen LogP contribution in [-0.2, 0) is 18.4 Å². The molecule has 2 aliphatic carbocycles. The number of nitrogens with one attached hydrogen (secondary N) is 1. The number of fused-ring (bicyclic) bond motifs is 5. The highest BCUT2D eigenvalue weighted by atomic mass is 16.5. The van der Waals surface area contributed by atoms with Gasteiger partial charge in [0.1, 0.15) is 17.0 Å². The van der Waals surface area contributed by atoms with Crippen LogP contribution in [-0.4, -0.2) is 63.2 Å². The second kappa shape index (κ2) is 10.1. The number of hydrogen-bond donors (Lipinski definition) is 2. The molecule has 3 N–H and O–H groups in total. The lowest BCUT2D eigenvalue weighted by atomic mass is 10.0. The van der Waals surface area contributed by atoms with Crippen molar-refractivity contribution in [2.45, 2.75) is 44.3 Å². The van der Waals surface area contributed by atoms with Gasteiger partial charge >= 0.3 is 0 Å². The predicted octanol–water partition coefficient (Wildman–Crippen LogP) is 5.17. The van der Waals surface area contributed by atoms with Gasteiger partial charge in [-0.1, -0.05) is 18.2 Å². The number of nitrogens with zero attached hydrogens (tertiary/aromatic N) is 4. The number of carbonyl (C=O) groups is 2. The van der Waals surface area contributed by atoms with Gasteiger partial charge in [0.25, 0.3) is 11.8 Å². The molecule has 0 unspecified atom stereocenters. The number of aromatic nitrogens is 3. The molecule has 1 saturated heterocycles. The van der Waals surface area contributed by atoms with Crippen molar-refractivity contribution in [3.05, 3.63) is 60.2 Å². The molecule has 2 amide bonds. The standard InChI is InChI=1S/C36H36N6O4/c1-40-34-26(11-24(15-31(34)45-2)36(44)42-17-23-8-10-27(42)33(23)37)39-35(40)29-13-22-6-5-20(12-28(22)41(29)16-19-3-4-19)21-7-9-25-30(14-21)46-18-32(43)38-25/h5-7,9,11-15,19,23,27,33H,3-4,8,10,16-18,37H2,1-2H3,(H,38,43)/t23-,27-,33-/m1/s1. The van der Waals surface area contributed by atoms with Crippen molar-refractivity contribution in [1.29, 1.82) is 0 Å². The zero-order valence-electron chi connectivity index (χ0n) is 26.0. The highest BCUT2D eigenvalue weighted by molar-refractivity contribution is 6.01. The van der Waals surface area contributed by atoms with E-state index in [4.69, 9.17) is 20.2 Å². The van der Waals surface area contributed by atoms with Crippen molar-refractivity contribution in [2.75, 3.05) is 25.6 Å². The molecule has 10 heteroatoms. The number of benzene rings is 3. The molecule has 0 spiro atoms. The van der Waals surface area contributed by atoms with Crippen molar-refractivity contribution in [2.24, 2.45) is 24.6 Å². The summed E-state index contributed by atoms with van der Waals surface area (Å²) in [5.41, 5.74) is 13.6. The molecule has 2 bridgehead atoms. The lowest BCUT2D eigenvalue weighted by molar-refractivity contribution is -0.118. The van der Waals surface area contributed by atoms with Crippen LogP contribution in [0, 0.1) is 11.8 Å². The molecule has 9 rings (SSSR count). The van der Waals surface area contributed by atoms with Crippen molar-refractivity contribution in [3.8, 4) is 34.1 Å². The smallest absolute Gasteiger partial charge is 0.262 e. The maximum atomic E-state index is 13.7. The fourth-order valence-corrected chi connectivity index (χ4v) is 7.90. The van der Waals surface area contributed by atoms with Crippen LogP contribution in [0.3, 0.4) is 0 Å². The minimum atomic E-state index is -0.141. The van der Waals surface area contributed by atoms with Gasteiger partial charge in [-0.25, -0.2) is 4.98 Å². The number of likely N-dealkylation sites (tertiary alicyclic amines) is 1. The highest BCUT2D eigenvalue weighted by Crippen LogP contribution is 2.41. The van der Waals surface area contributed by atoms with Crippen molar-refractivity contribution in [3.63, 3.8) is 0 Å². The quantitative estimate of drug-likeness (QED) is 0.272. The largest absolute Gasteiger partial charge is 0.494 e. The number of methoxy groups -OCH3 is 1. The number of nitrogens with two attached hydrogens (primary N) is 1. The Kier molecular flexibility index (Phi) is 6.02. The Hall–Kier alpha value is -4.83. The highest BCUT2D eigenvalue weighted by Gasteiger charge is 2.47. The van der Waals surface area contributed by atoms with Crippen LogP contribution in [0.25, 0.3) is 44.6 Å². The Morgan fingerprint density at radius 2 is 1.89 bits per heavy atom. The predicted molar refractivity (Wildman–Crippen MR) is 176 cm³/mol. The van der Waals surface area contributed by atoms with E-state index in [9.17, 15) is 9.59 Å². The number of imidazole rings is 1. The first-order chi connectivity index (χ1) is 22.4. The van der Waals surface area contributed by atoms with Crippen LogP contribution in [0.2, 0.25) is 0 Å². The molecule has 5 aromatic rings. The first kappa shape index (κ1) is 27.5. The van der Waals surface area contributed by atoms with Crippen LogP contribution in [0.4, 0.5) is 5.69 Å². The maximum Gasteiger partial charge on any atom is 0.262 e.